The van der Waals surface area contributed by atoms with E-state index < -0.39 is 10.0 Å². The Kier molecular flexibility index (Phi) is 7.24. The average molecular weight is 330 g/mol. The Labute approximate surface area is 131 Å². The van der Waals surface area contributed by atoms with E-state index in [9.17, 15) is 8.42 Å². The third-order valence-electron chi connectivity index (χ3n) is 3.23. The van der Waals surface area contributed by atoms with Gasteiger partial charge in [0.1, 0.15) is 4.99 Å². The minimum absolute atomic E-state index is 0.114. The Bertz CT molecular complexity index is 573. The normalized spacial score (nSPS) is 11.8. The van der Waals surface area contributed by atoms with E-state index in [4.69, 9.17) is 23.1 Å². The number of benzene rings is 1. The predicted molar refractivity (Wildman–Crippen MR) is 88.5 cm³/mol. The summed E-state index contributed by atoms with van der Waals surface area (Å²) in [5.74, 6) is -0.114. The SMILES string of the molecule is CN(CCCCCO)S(=O)(=O)Cc1ccccc1C(N)=S. The molecule has 0 aromatic heterocycles. The zero-order chi connectivity index (χ0) is 15.9. The summed E-state index contributed by atoms with van der Waals surface area (Å²) in [5.41, 5.74) is 6.84. The van der Waals surface area contributed by atoms with Crippen LogP contribution in [0, 0.1) is 0 Å². The molecule has 118 valence electrons. The number of rotatable bonds is 9. The minimum Gasteiger partial charge on any atom is -0.396 e. The molecule has 0 aliphatic carbocycles. The standard InChI is InChI=1S/C14H22N2O3S2/c1-16(9-5-2-6-10-17)21(18,19)11-12-7-3-4-8-13(12)14(15)20/h3-4,7-8,17H,2,5-6,9-11H2,1H3,(H2,15,20). The number of thiocarbonyl (C=S) groups is 1. The van der Waals surface area contributed by atoms with Gasteiger partial charge in [-0.2, -0.15) is 0 Å². The van der Waals surface area contributed by atoms with Crippen molar-refractivity contribution in [3.05, 3.63) is 35.4 Å². The molecular weight excluding hydrogens is 308 g/mol. The molecule has 0 atom stereocenters. The summed E-state index contributed by atoms with van der Waals surface area (Å²) in [6.07, 6.45) is 2.23. The highest BCUT2D eigenvalue weighted by molar-refractivity contribution is 7.88. The van der Waals surface area contributed by atoms with E-state index in [1.807, 2.05) is 0 Å². The van der Waals surface area contributed by atoms with Gasteiger partial charge in [0.05, 0.1) is 5.75 Å². The molecule has 1 aromatic carbocycles. The Hall–Kier alpha value is -1.02. The van der Waals surface area contributed by atoms with Gasteiger partial charge in [0.15, 0.2) is 0 Å². The van der Waals surface area contributed by atoms with Gasteiger partial charge in [0, 0.05) is 25.8 Å². The molecule has 3 N–H and O–H groups in total. The molecule has 0 bridgehead atoms. The van der Waals surface area contributed by atoms with Crippen LogP contribution in [0.1, 0.15) is 30.4 Å². The first-order valence-corrected chi connectivity index (χ1v) is 8.83. The summed E-state index contributed by atoms with van der Waals surface area (Å²) in [4.78, 5) is 0.200. The smallest absolute Gasteiger partial charge is 0.218 e. The highest BCUT2D eigenvalue weighted by Crippen LogP contribution is 2.15. The van der Waals surface area contributed by atoms with Crippen LogP contribution in [0.5, 0.6) is 0 Å². The van der Waals surface area contributed by atoms with Gasteiger partial charge in [0.25, 0.3) is 0 Å². The first kappa shape index (κ1) is 18.0. The first-order valence-electron chi connectivity index (χ1n) is 6.81. The fourth-order valence-electron chi connectivity index (χ4n) is 1.96. The van der Waals surface area contributed by atoms with Crippen molar-refractivity contribution >= 4 is 27.2 Å². The highest BCUT2D eigenvalue weighted by Gasteiger charge is 2.20. The summed E-state index contributed by atoms with van der Waals surface area (Å²) >= 11 is 4.95. The van der Waals surface area contributed by atoms with Crippen LogP contribution < -0.4 is 5.73 Å². The molecule has 0 saturated carbocycles. The summed E-state index contributed by atoms with van der Waals surface area (Å²) in [6.45, 7) is 0.579. The molecule has 0 aliphatic heterocycles. The van der Waals surface area contributed by atoms with E-state index in [-0.39, 0.29) is 17.3 Å². The number of aliphatic hydroxyl groups is 1. The van der Waals surface area contributed by atoms with Crippen LogP contribution in [0.2, 0.25) is 0 Å². The molecule has 21 heavy (non-hydrogen) atoms. The lowest BCUT2D eigenvalue weighted by Gasteiger charge is -2.18. The number of nitrogens with two attached hydrogens (primary N) is 1. The number of sulfonamides is 1. The lowest BCUT2D eigenvalue weighted by atomic mass is 10.1. The van der Waals surface area contributed by atoms with E-state index in [1.54, 1.807) is 31.3 Å². The Balaban J connectivity index is 2.74. The van der Waals surface area contributed by atoms with Crippen LogP contribution in [0.3, 0.4) is 0 Å². The molecule has 1 aromatic rings. The Morgan fingerprint density at radius 3 is 2.57 bits per heavy atom. The van der Waals surface area contributed by atoms with Crippen molar-refractivity contribution in [1.82, 2.24) is 4.31 Å². The molecule has 7 heteroatoms. The first-order chi connectivity index (χ1) is 9.88. The van der Waals surface area contributed by atoms with Crippen LogP contribution in [0.4, 0.5) is 0 Å². The van der Waals surface area contributed by atoms with Crippen LogP contribution in [-0.2, 0) is 15.8 Å². The van der Waals surface area contributed by atoms with E-state index >= 15 is 0 Å². The minimum atomic E-state index is -3.40. The number of hydrogen-bond donors (Lipinski definition) is 2. The van der Waals surface area contributed by atoms with Crippen molar-refractivity contribution in [1.29, 1.82) is 0 Å². The number of nitrogens with zero attached hydrogens (tertiary/aromatic N) is 1. The van der Waals surface area contributed by atoms with Gasteiger partial charge in [-0.1, -0.05) is 36.5 Å². The van der Waals surface area contributed by atoms with Crippen LogP contribution in [0.25, 0.3) is 0 Å². The molecule has 1 rings (SSSR count). The molecule has 0 unspecified atom stereocenters. The predicted octanol–water partition coefficient (Wildman–Crippen LogP) is 1.24. The quantitative estimate of drug-likeness (QED) is 0.526. The maximum atomic E-state index is 12.3. The molecule has 0 fully saturated rings. The summed E-state index contributed by atoms with van der Waals surface area (Å²) in [7, 11) is -1.83. The molecule has 0 saturated heterocycles. The van der Waals surface area contributed by atoms with Crippen molar-refractivity contribution in [2.75, 3.05) is 20.2 Å². The average Bonchev–Trinajstić information content (AvgIpc) is 2.43. The van der Waals surface area contributed by atoms with E-state index in [0.717, 1.165) is 12.8 Å². The van der Waals surface area contributed by atoms with Crippen LogP contribution in [-0.4, -0.2) is 43.0 Å². The maximum Gasteiger partial charge on any atom is 0.218 e. The van der Waals surface area contributed by atoms with Gasteiger partial charge >= 0.3 is 0 Å². The zero-order valence-corrected chi connectivity index (χ0v) is 13.8. The fraction of sp³-hybridized carbons (Fsp3) is 0.500. The van der Waals surface area contributed by atoms with Gasteiger partial charge < -0.3 is 10.8 Å². The third-order valence-corrected chi connectivity index (χ3v) is 5.25. The molecule has 0 amide bonds. The molecule has 0 heterocycles. The van der Waals surface area contributed by atoms with Crippen molar-refractivity contribution in [3.63, 3.8) is 0 Å². The highest BCUT2D eigenvalue weighted by atomic mass is 32.2. The second-order valence-electron chi connectivity index (χ2n) is 4.88. The van der Waals surface area contributed by atoms with Gasteiger partial charge in [-0.3, -0.25) is 0 Å². The van der Waals surface area contributed by atoms with Crippen molar-refractivity contribution in [3.8, 4) is 0 Å². The third kappa shape index (κ3) is 5.70. The number of aliphatic hydroxyl groups excluding tert-OH is 1. The van der Waals surface area contributed by atoms with Gasteiger partial charge in [0.2, 0.25) is 10.0 Å². The lowest BCUT2D eigenvalue weighted by molar-refractivity contribution is 0.281. The zero-order valence-electron chi connectivity index (χ0n) is 12.2. The Morgan fingerprint density at radius 1 is 1.29 bits per heavy atom. The fourth-order valence-corrected chi connectivity index (χ4v) is 3.43. The topological polar surface area (TPSA) is 83.6 Å². The second-order valence-corrected chi connectivity index (χ2v) is 7.40. The monoisotopic (exact) mass is 330 g/mol. The lowest BCUT2D eigenvalue weighted by Crippen LogP contribution is -2.30. The maximum absolute atomic E-state index is 12.3. The van der Waals surface area contributed by atoms with E-state index in [2.05, 4.69) is 0 Å². The van der Waals surface area contributed by atoms with Gasteiger partial charge in [-0.25, -0.2) is 12.7 Å². The van der Waals surface area contributed by atoms with Gasteiger partial charge in [-0.15, -0.1) is 0 Å². The number of unbranched alkanes of at least 4 members (excludes halogenated alkanes) is 2. The molecular formula is C14H22N2O3S2. The van der Waals surface area contributed by atoms with Crippen molar-refractivity contribution in [2.45, 2.75) is 25.0 Å². The molecule has 5 nitrogen and oxygen atoms in total. The Morgan fingerprint density at radius 2 is 1.95 bits per heavy atom. The molecule has 0 aliphatic rings. The summed E-state index contributed by atoms with van der Waals surface area (Å²) in [5, 5.41) is 8.71. The van der Waals surface area contributed by atoms with Crippen LogP contribution >= 0.6 is 12.2 Å². The number of hydrogen-bond acceptors (Lipinski definition) is 4. The second kappa shape index (κ2) is 8.43. The summed E-state index contributed by atoms with van der Waals surface area (Å²) < 4.78 is 26.0. The largest absolute Gasteiger partial charge is 0.396 e. The van der Waals surface area contributed by atoms with Crippen molar-refractivity contribution in [2.24, 2.45) is 5.73 Å². The van der Waals surface area contributed by atoms with Crippen LogP contribution in [0.15, 0.2) is 24.3 Å². The van der Waals surface area contributed by atoms with E-state index in [0.29, 0.717) is 24.1 Å². The van der Waals surface area contributed by atoms with Gasteiger partial charge in [-0.05, 0) is 24.8 Å². The molecule has 0 radical (unpaired) electrons. The van der Waals surface area contributed by atoms with Crippen molar-refractivity contribution < 1.29 is 13.5 Å². The van der Waals surface area contributed by atoms with E-state index in [1.165, 1.54) is 4.31 Å². The summed E-state index contributed by atoms with van der Waals surface area (Å²) in [6, 6.07) is 7.01. The molecule has 0 spiro atoms.